The minimum atomic E-state index is -0.333. The molecular weight excluding hydrogens is 346 g/mol. The third-order valence-corrected chi connectivity index (χ3v) is 5.86. The van der Waals surface area contributed by atoms with Crippen molar-refractivity contribution >= 4 is 34.3 Å². The van der Waals surface area contributed by atoms with Crippen LogP contribution in [0.1, 0.15) is 12.5 Å². The van der Waals surface area contributed by atoms with E-state index in [1.807, 2.05) is 48.2 Å². The highest BCUT2D eigenvalue weighted by atomic mass is 32.2. The average Bonchev–Trinajstić information content (AvgIpc) is 3.09. The van der Waals surface area contributed by atoms with Crippen molar-refractivity contribution in [1.29, 1.82) is 0 Å². The number of fused-ring (bicyclic) bond motifs is 2. The normalized spacial score (nSPS) is 14.5. The van der Waals surface area contributed by atoms with Crippen LogP contribution >= 0.6 is 11.8 Å². The second-order valence-electron chi connectivity index (χ2n) is 6.40. The van der Waals surface area contributed by atoms with Gasteiger partial charge in [0.1, 0.15) is 0 Å². The molecule has 2 heterocycles. The predicted molar refractivity (Wildman–Crippen MR) is 105 cm³/mol. The number of carbonyl (C=O) groups excluding carboxylic acids is 1. The van der Waals surface area contributed by atoms with E-state index in [1.54, 1.807) is 13.1 Å². The Morgan fingerprint density at radius 1 is 1.15 bits per heavy atom. The van der Waals surface area contributed by atoms with E-state index in [0.717, 1.165) is 12.1 Å². The van der Waals surface area contributed by atoms with Crippen molar-refractivity contribution in [2.75, 3.05) is 11.4 Å². The van der Waals surface area contributed by atoms with Crippen molar-refractivity contribution in [3.05, 3.63) is 64.4 Å². The first-order valence-corrected chi connectivity index (χ1v) is 9.46. The standard InChI is InChI=1S/C20H19N3O2S/c1-13(18(24)23-12-11-14-7-3-6-10-17(14)23)26-20-21-16-9-5-4-8-15(16)19(25)22(20)2/h3-10,13H,11-12H2,1-2H3. The van der Waals surface area contributed by atoms with Crippen molar-refractivity contribution in [3.8, 4) is 0 Å². The molecule has 26 heavy (non-hydrogen) atoms. The zero-order valence-electron chi connectivity index (χ0n) is 14.7. The molecule has 1 aliphatic rings. The molecule has 0 N–H and O–H groups in total. The Morgan fingerprint density at radius 2 is 1.88 bits per heavy atom. The first-order chi connectivity index (χ1) is 12.6. The first kappa shape index (κ1) is 16.8. The Balaban J connectivity index is 1.62. The molecule has 4 rings (SSSR count). The molecule has 1 amide bonds. The Morgan fingerprint density at radius 3 is 2.73 bits per heavy atom. The fourth-order valence-electron chi connectivity index (χ4n) is 3.30. The minimum absolute atomic E-state index is 0.0438. The summed E-state index contributed by atoms with van der Waals surface area (Å²) in [4.78, 5) is 31.9. The van der Waals surface area contributed by atoms with Crippen molar-refractivity contribution in [3.63, 3.8) is 0 Å². The maximum atomic E-state index is 13.0. The summed E-state index contributed by atoms with van der Waals surface area (Å²) < 4.78 is 1.52. The van der Waals surface area contributed by atoms with E-state index in [2.05, 4.69) is 11.1 Å². The molecule has 0 aliphatic carbocycles. The lowest BCUT2D eigenvalue weighted by atomic mass is 10.2. The van der Waals surface area contributed by atoms with Crippen molar-refractivity contribution < 1.29 is 4.79 Å². The van der Waals surface area contributed by atoms with Crippen LogP contribution in [0.25, 0.3) is 10.9 Å². The third-order valence-electron chi connectivity index (χ3n) is 4.73. The molecule has 0 saturated carbocycles. The number of nitrogens with zero attached hydrogens (tertiary/aromatic N) is 3. The van der Waals surface area contributed by atoms with Gasteiger partial charge < -0.3 is 4.90 Å². The molecule has 0 bridgehead atoms. The smallest absolute Gasteiger partial charge is 0.261 e. The molecule has 1 atom stereocenters. The van der Waals surface area contributed by atoms with Gasteiger partial charge in [-0.2, -0.15) is 0 Å². The minimum Gasteiger partial charge on any atom is -0.311 e. The number of thioether (sulfide) groups is 1. The van der Waals surface area contributed by atoms with E-state index in [-0.39, 0.29) is 16.7 Å². The van der Waals surface area contributed by atoms with Crippen LogP contribution in [0.15, 0.2) is 58.5 Å². The Kier molecular flexibility index (Phi) is 4.28. The number of rotatable bonds is 3. The van der Waals surface area contributed by atoms with E-state index in [1.165, 1.54) is 21.9 Å². The molecule has 1 aliphatic heterocycles. The summed E-state index contributed by atoms with van der Waals surface area (Å²) in [6, 6.07) is 15.3. The second-order valence-corrected chi connectivity index (χ2v) is 7.71. The number of benzene rings is 2. The van der Waals surface area contributed by atoms with Crippen LogP contribution in [0, 0.1) is 0 Å². The van der Waals surface area contributed by atoms with Crippen molar-refractivity contribution in [2.45, 2.75) is 23.8 Å². The lowest BCUT2D eigenvalue weighted by Crippen LogP contribution is -2.35. The van der Waals surface area contributed by atoms with Gasteiger partial charge in [-0.3, -0.25) is 14.2 Å². The molecule has 6 heteroatoms. The SMILES string of the molecule is CC(Sc1nc2ccccc2c(=O)n1C)C(=O)N1CCc2ccccc21. The van der Waals surface area contributed by atoms with Crippen LogP contribution in [0.3, 0.4) is 0 Å². The summed E-state index contributed by atoms with van der Waals surface area (Å²) in [6.07, 6.45) is 0.881. The fourth-order valence-corrected chi connectivity index (χ4v) is 4.23. The highest BCUT2D eigenvalue weighted by molar-refractivity contribution is 8.00. The lowest BCUT2D eigenvalue weighted by molar-refractivity contribution is -0.117. The topological polar surface area (TPSA) is 55.2 Å². The summed E-state index contributed by atoms with van der Waals surface area (Å²) in [6.45, 7) is 2.57. The fraction of sp³-hybridized carbons (Fsp3) is 0.250. The van der Waals surface area contributed by atoms with Gasteiger partial charge in [0.25, 0.3) is 5.56 Å². The number of amides is 1. The molecule has 2 aromatic carbocycles. The Bertz CT molecular complexity index is 1060. The molecule has 5 nitrogen and oxygen atoms in total. The van der Waals surface area contributed by atoms with Crippen LogP contribution < -0.4 is 10.5 Å². The molecule has 0 spiro atoms. The summed E-state index contributed by atoms with van der Waals surface area (Å²) in [5, 5.41) is 0.814. The highest BCUT2D eigenvalue weighted by Crippen LogP contribution is 2.31. The van der Waals surface area contributed by atoms with Crippen molar-refractivity contribution in [1.82, 2.24) is 9.55 Å². The zero-order chi connectivity index (χ0) is 18.3. The number of aromatic nitrogens is 2. The summed E-state index contributed by atoms with van der Waals surface area (Å²) in [5.74, 6) is 0.0438. The molecule has 0 fully saturated rings. The van der Waals surface area contributed by atoms with E-state index in [0.29, 0.717) is 22.6 Å². The van der Waals surface area contributed by atoms with Crippen LogP contribution in [-0.4, -0.2) is 27.3 Å². The quantitative estimate of drug-likeness (QED) is 0.529. The van der Waals surface area contributed by atoms with Gasteiger partial charge in [0.05, 0.1) is 16.2 Å². The van der Waals surface area contributed by atoms with E-state index >= 15 is 0 Å². The van der Waals surface area contributed by atoms with Crippen LogP contribution in [-0.2, 0) is 18.3 Å². The largest absolute Gasteiger partial charge is 0.311 e. The van der Waals surface area contributed by atoms with E-state index < -0.39 is 0 Å². The summed E-state index contributed by atoms with van der Waals surface area (Å²) >= 11 is 1.33. The average molecular weight is 365 g/mol. The zero-order valence-corrected chi connectivity index (χ0v) is 15.5. The Hall–Kier alpha value is -2.60. The maximum Gasteiger partial charge on any atom is 0.261 e. The Labute approximate surface area is 155 Å². The van der Waals surface area contributed by atoms with Gasteiger partial charge in [0.15, 0.2) is 5.16 Å². The number of para-hydroxylation sites is 2. The third kappa shape index (κ3) is 2.80. The first-order valence-electron chi connectivity index (χ1n) is 8.58. The number of hydrogen-bond donors (Lipinski definition) is 0. The lowest BCUT2D eigenvalue weighted by Gasteiger charge is -2.21. The summed E-state index contributed by atoms with van der Waals surface area (Å²) in [7, 11) is 1.70. The van der Waals surface area contributed by atoms with Gasteiger partial charge in [-0.25, -0.2) is 4.98 Å². The van der Waals surface area contributed by atoms with E-state index in [9.17, 15) is 9.59 Å². The molecule has 0 saturated heterocycles. The molecule has 3 aromatic rings. The van der Waals surface area contributed by atoms with E-state index in [4.69, 9.17) is 0 Å². The highest BCUT2D eigenvalue weighted by Gasteiger charge is 2.29. The monoisotopic (exact) mass is 365 g/mol. The molecular formula is C20H19N3O2S. The molecule has 0 radical (unpaired) electrons. The van der Waals surface area contributed by atoms with Crippen molar-refractivity contribution in [2.24, 2.45) is 7.05 Å². The number of hydrogen-bond acceptors (Lipinski definition) is 4. The van der Waals surface area contributed by atoms with Gasteiger partial charge in [0.2, 0.25) is 5.91 Å². The summed E-state index contributed by atoms with van der Waals surface area (Å²) in [5.41, 5.74) is 2.76. The molecule has 132 valence electrons. The number of anilines is 1. The van der Waals surface area contributed by atoms with Crippen LogP contribution in [0.2, 0.25) is 0 Å². The van der Waals surface area contributed by atoms with Gasteiger partial charge in [0, 0.05) is 19.3 Å². The van der Waals surface area contributed by atoms with Gasteiger partial charge in [-0.15, -0.1) is 0 Å². The van der Waals surface area contributed by atoms with Crippen LogP contribution in [0.5, 0.6) is 0 Å². The van der Waals surface area contributed by atoms with Crippen LogP contribution in [0.4, 0.5) is 5.69 Å². The van der Waals surface area contributed by atoms with Gasteiger partial charge >= 0.3 is 0 Å². The van der Waals surface area contributed by atoms with Gasteiger partial charge in [-0.05, 0) is 37.1 Å². The second kappa shape index (κ2) is 6.61. The molecule has 1 unspecified atom stereocenters. The molecule has 1 aromatic heterocycles. The maximum absolute atomic E-state index is 13.0. The van der Waals surface area contributed by atoms with Gasteiger partial charge in [-0.1, -0.05) is 42.1 Å². The number of carbonyl (C=O) groups is 1. The predicted octanol–water partition coefficient (Wildman–Crippen LogP) is 3.00.